The van der Waals surface area contributed by atoms with Crippen LogP contribution in [-0.2, 0) is 13.0 Å². The van der Waals surface area contributed by atoms with Crippen molar-refractivity contribution in [1.82, 2.24) is 9.55 Å². The zero-order chi connectivity index (χ0) is 22.2. The minimum atomic E-state index is -0.271. The third-order valence-electron chi connectivity index (χ3n) is 6.46. The van der Waals surface area contributed by atoms with Crippen LogP contribution in [0.15, 0.2) is 71.5 Å². The molecule has 1 aliphatic carbocycles. The molecule has 5 rings (SSSR count). The summed E-state index contributed by atoms with van der Waals surface area (Å²) in [4.78, 5) is 17.8. The van der Waals surface area contributed by atoms with E-state index in [1.807, 2.05) is 48.5 Å². The highest BCUT2D eigenvalue weighted by atomic mass is 16.3. The maximum atomic E-state index is 13.2. The predicted octanol–water partition coefficient (Wildman–Crippen LogP) is 5.89. The first-order valence-electron chi connectivity index (χ1n) is 11.4. The number of phenols is 1. The first-order chi connectivity index (χ1) is 15.5. The van der Waals surface area contributed by atoms with Crippen molar-refractivity contribution in [3.8, 4) is 17.0 Å². The summed E-state index contributed by atoms with van der Waals surface area (Å²) in [5, 5.41) is 11.7. The van der Waals surface area contributed by atoms with E-state index in [2.05, 4.69) is 31.0 Å². The summed E-state index contributed by atoms with van der Waals surface area (Å²) in [5.41, 5.74) is 5.32. The molecule has 3 aromatic carbocycles. The van der Waals surface area contributed by atoms with Crippen molar-refractivity contribution in [3.63, 3.8) is 0 Å². The van der Waals surface area contributed by atoms with E-state index in [-0.39, 0.29) is 11.4 Å². The van der Waals surface area contributed by atoms with Gasteiger partial charge in [-0.2, -0.15) is 4.98 Å². The predicted molar refractivity (Wildman–Crippen MR) is 129 cm³/mol. The lowest BCUT2D eigenvalue weighted by molar-refractivity contribution is 0.467. The first-order valence-corrected chi connectivity index (χ1v) is 11.4. The second-order valence-electron chi connectivity index (χ2n) is 9.20. The van der Waals surface area contributed by atoms with E-state index in [1.165, 1.54) is 18.4 Å². The number of nitrogens with zero attached hydrogens (tertiary/aromatic N) is 2. The average Bonchev–Trinajstić information content (AvgIpc) is 3.62. The van der Waals surface area contributed by atoms with E-state index in [0.717, 1.165) is 34.0 Å². The minimum absolute atomic E-state index is 0.271. The fourth-order valence-corrected chi connectivity index (χ4v) is 4.40. The van der Waals surface area contributed by atoms with Gasteiger partial charge in [-0.3, -0.25) is 4.57 Å². The lowest BCUT2D eigenvalue weighted by Crippen LogP contribution is -2.25. The molecule has 4 heteroatoms. The Hall–Kier alpha value is -3.40. The monoisotopic (exact) mass is 424 g/mol. The number of benzene rings is 3. The van der Waals surface area contributed by atoms with Crippen LogP contribution in [0.3, 0.4) is 0 Å². The summed E-state index contributed by atoms with van der Waals surface area (Å²) in [7, 11) is 0. The smallest absolute Gasteiger partial charge is 0.348 e. The first kappa shape index (κ1) is 20.5. The van der Waals surface area contributed by atoms with Gasteiger partial charge in [0.05, 0.1) is 17.8 Å². The van der Waals surface area contributed by atoms with Gasteiger partial charge in [-0.25, -0.2) is 4.79 Å². The van der Waals surface area contributed by atoms with Crippen molar-refractivity contribution in [2.24, 2.45) is 5.92 Å². The summed E-state index contributed by atoms with van der Waals surface area (Å²) in [6.07, 6.45) is 3.18. The molecule has 4 aromatic rings. The number of rotatable bonds is 6. The van der Waals surface area contributed by atoms with Crippen LogP contribution in [0, 0.1) is 5.92 Å². The molecule has 0 atom stereocenters. The molecule has 1 fully saturated rings. The normalized spacial score (nSPS) is 13.7. The van der Waals surface area contributed by atoms with Gasteiger partial charge in [0.15, 0.2) is 0 Å². The van der Waals surface area contributed by atoms with Crippen molar-refractivity contribution in [2.75, 3.05) is 0 Å². The van der Waals surface area contributed by atoms with Crippen LogP contribution >= 0.6 is 0 Å². The Morgan fingerprint density at radius 3 is 2.38 bits per heavy atom. The Labute approximate surface area is 188 Å². The number of aromatic hydroxyl groups is 1. The number of fused-ring (bicyclic) bond motifs is 1. The maximum absolute atomic E-state index is 13.2. The van der Waals surface area contributed by atoms with Crippen LogP contribution < -0.4 is 5.69 Å². The number of phenolic OH excluding ortho intramolecular Hbond substituents is 1. The van der Waals surface area contributed by atoms with Crippen LogP contribution in [0.2, 0.25) is 0 Å². The van der Waals surface area contributed by atoms with E-state index in [1.54, 1.807) is 10.6 Å². The summed E-state index contributed by atoms with van der Waals surface area (Å²) >= 11 is 0. The molecule has 0 aliphatic heterocycles. The molecular weight excluding hydrogens is 396 g/mol. The van der Waals surface area contributed by atoms with Gasteiger partial charge >= 0.3 is 5.69 Å². The third-order valence-corrected chi connectivity index (χ3v) is 6.46. The van der Waals surface area contributed by atoms with Gasteiger partial charge in [0.2, 0.25) is 0 Å². The SMILES string of the molecule is CC(C)c1ccc(-c2nc(=O)n(Cc3ccccc3)c3ccc(O)c(CC4CC4)c23)cc1. The molecule has 162 valence electrons. The van der Waals surface area contributed by atoms with E-state index in [4.69, 9.17) is 0 Å². The topological polar surface area (TPSA) is 55.1 Å². The molecule has 1 aliphatic rings. The molecule has 0 amide bonds. The van der Waals surface area contributed by atoms with Gasteiger partial charge < -0.3 is 5.11 Å². The molecule has 0 bridgehead atoms. The Balaban J connectivity index is 1.75. The summed E-state index contributed by atoms with van der Waals surface area (Å²) in [6.45, 7) is 4.78. The van der Waals surface area contributed by atoms with Gasteiger partial charge in [0, 0.05) is 16.5 Å². The van der Waals surface area contributed by atoms with E-state index < -0.39 is 0 Å². The van der Waals surface area contributed by atoms with Crippen molar-refractivity contribution in [2.45, 2.75) is 45.6 Å². The Kier molecular flexibility index (Phi) is 5.30. The van der Waals surface area contributed by atoms with Crippen LogP contribution in [0.1, 0.15) is 49.3 Å². The molecule has 1 heterocycles. The number of hydrogen-bond acceptors (Lipinski definition) is 3. The summed E-state index contributed by atoms with van der Waals surface area (Å²) < 4.78 is 1.73. The summed E-state index contributed by atoms with van der Waals surface area (Å²) in [6, 6.07) is 21.8. The average molecular weight is 425 g/mol. The van der Waals surface area contributed by atoms with Crippen LogP contribution in [0.4, 0.5) is 0 Å². The molecular formula is C28H28N2O2. The lowest BCUT2D eigenvalue weighted by atomic mass is 9.95. The van der Waals surface area contributed by atoms with Gasteiger partial charge in [0.1, 0.15) is 5.75 Å². The molecule has 1 aromatic heterocycles. The Morgan fingerprint density at radius 2 is 1.72 bits per heavy atom. The lowest BCUT2D eigenvalue weighted by Gasteiger charge is -2.17. The highest BCUT2D eigenvalue weighted by Crippen LogP contribution is 2.40. The van der Waals surface area contributed by atoms with E-state index >= 15 is 0 Å². The quantitative estimate of drug-likeness (QED) is 0.420. The molecule has 4 nitrogen and oxygen atoms in total. The maximum Gasteiger partial charge on any atom is 0.348 e. The minimum Gasteiger partial charge on any atom is -0.508 e. The fourth-order valence-electron chi connectivity index (χ4n) is 4.40. The second kappa shape index (κ2) is 8.27. The van der Waals surface area contributed by atoms with E-state index in [0.29, 0.717) is 24.1 Å². The summed E-state index contributed by atoms with van der Waals surface area (Å²) in [5.74, 6) is 1.32. The van der Waals surface area contributed by atoms with E-state index in [9.17, 15) is 9.90 Å². The highest BCUT2D eigenvalue weighted by Gasteiger charge is 2.26. The van der Waals surface area contributed by atoms with Crippen molar-refractivity contribution < 1.29 is 5.11 Å². The molecule has 1 N–H and O–H groups in total. The molecule has 32 heavy (non-hydrogen) atoms. The molecule has 1 saturated carbocycles. The zero-order valence-corrected chi connectivity index (χ0v) is 18.6. The van der Waals surface area contributed by atoms with Crippen LogP contribution in [-0.4, -0.2) is 14.7 Å². The number of aromatic nitrogens is 2. The zero-order valence-electron chi connectivity index (χ0n) is 18.6. The van der Waals surface area contributed by atoms with Crippen molar-refractivity contribution in [3.05, 3.63) is 93.9 Å². The molecule has 0 saturated heterocycles. The Morgan fingerprint density at radius 1 is 1.00 bits per heavy atom. The standard InChI is InChI=1S/C28H28N2O2/c1-18(2)21-10-12-22(13-11-21)27-26-23(16-19-8-9-19)25(31)15-14-24(26)30(28(32)29-27)17-20-6-4-3-5-7-20/h3-7,10-15,18-19,31H,8-9,16-17H2,1-2H3. The molecule has 0 unspecified atom stereocenters. The number of hydrogen-bond donors (Lipinski definition) is 1. The Bertz CT molecular complexity index is 1320. The van der Waals surface area contributed by atoms with Gasteiger partial charge in [0.25, 0.3) is 0 Å². The highest BCUT2D eigenvalue weighted by molar-refractivity contribution is 5.96. The second-order valence-corrected chi connectivity index (χ2v) is 9.20. The molecule has 0 radical (unpaired) electrons. The fraction of sp³-hybridized carbons (Fsp3) is 0.286. The van der Waals surface area contributed by atoms with Gasteiger partial charge in [-0.05, 0) is 54.4 Å². The van der Waals surface area contributed by atoms with Gasteiger partial charge in [-0.15, -0.1) is 0 Å². The van der Waals surface area contributed by atoms with Crippen molar-refractivity contribution >= 4 is 10.9 Å². The van der Waals surface area contributed by atoms with Crippen LogP contribution in [0.5, 0.6) is 5.75 Å². The third kappa shape index (κ3) is 3.93. The van der Waals surface area contributed by atoms with Crippen molar-refractivity contribution in [1.29, 1.82) is 0 Å². The molecule has 0 spiro atoms. The largest absolute Gasteiger partial charge is 0.508 e. The van der Waals surface area contributed by atoms with Gasteiger partial charge in [-0.1, -0.05) is 68.4 Å². The van der Waals surface area contributed by atoms with Crippen LogP contribution in [0.25, 0.3) is 22.2 Å².